The molecule has 26 heavy (non-hydrogen) atoms. The lowest BCUT2D eigenvalue weighted by atomic mass is 10.1. The van der Waals surface area contributed by atoms with Crippen LogP contribution in [0.1, 0.15) is 36.5 Å². The average Bonchev–Trinajstić information content (AvgIpc) is 3.10. The smallest absolute Gasteiger partial charge is 0.396 e. The van der Waals surface area contributed by atoms with Crippen LogP contribution in [0.4, 0.5) is 13.2 Å². The maximum Gasteiger partial charge on any atom is 0.471 e. The van der Waals surface area contributed by atoms with Crippen molar-refractivity contribution >= 4 is 11.6 Å². The van der Waals surface area contributed by atoms with Crippen LogP contribution in [-0.2, 0) is 11.0 Å². The number of carbonyl (C=O) groups excluding carboxylic acids is 1. The number of halogens is 3. The van der Waals surface area contributed by atoms with Gasteiger partial charge in [-0.3, -0.25) is 4.79 Å². The standard InChI is InChI=1S/C16H17F3N4O3/c1-3-8-25-22-10(2)9-20-14(24)12-6-4-11(5-7-12)13-21-15(26-23-13)16(17,18)19/h4-7H,3,8-9H2,1-2H3,(H,20,24)/b22-10+. The van der Waals surface area contributed by atoms with E-state index in [-0.39, 0.29) is 18.3 Å². The summed E-state index contributed by atoms with van der Waals surface area (Å²) in [5.41, 5.74) is 1.23. The second kappa shape index (κ2) is 8.45. The molecule has 1 amide bonds. The molecule has 2 aromatic rings. The van der Waals surface area contributed by atoms with Gasteiger partial charge in [0.25, 0.3) is 5.91 Å². The molecule has 1 heterocycles. The zero-order valence-corrected chi connectivity index (χ0v) is 14.1. The van der Waals surface area contributed by atoms with Gasteiger partial charge in [0.15, 0.2) is 0 Å². The van der Waals surface area contributed by atoms with Gasteiger partial charge in [0, 0.05) is 11.1 Å². The number of nitrogens with zero attached hydrogens (tertiary/aromatic N) is 3. The number of oxime groups is 1. The molecule has 10 heteroatoms. The Bertz CT molecular complexity index is 770. The number of nitrogens with one attached hydrogen (secondary N) is 1. The molecule has 0 unspecified atom stereocenters. The highest BCUT2D eigenvalue weighted by atomic mass is 19.4. The molecule has 7 nitrogen and oxygen atoms in total. The van der Waals surface area contributed by atoms with Gasteiger partial charge in [-0.15, -0.1) is 0 Å². The summed E-state index contributed by atoms with van der Waals surface area (Å²) in [5.74, 6) is -1.99. The van der Waals surface area contributed by atoms with Crippen molar-refractivity contribution in [2.75, 3.05) is 13.2 Å². The molecule has 1 N–H and O–H groups in total. The minimum Gasteiger partial charge on any atom is -0.396 e. The molecule has 0 spiro atoms. The molecule has 0 saturated heterocycles. The fourth-order valence-electron chi connectivity index (χ4n) is 1.82. The Morgan fingerprint density at radius 1 is 1.31 bits per heavy atom. The zero-order chi connectivity index (χ0) is 19.2. The van der Waals surface area contributed by atoms with E-state index in [9.17, 15) is 18.0 Å². The second-order valence-corrected chi connectivity index (χ2v) is 5.34. The quantitative estimate of drug-likeness (QED) is 0.459. The minimum atomic E-state index is -4.70. The minimum absolute atomic E-state index is 0.208. The summed E-state index contributed by atoms with van der Waals surface area (Å²) in [7, 11) is 0. The van der Waals surface area contributed by atoms with Crippen LogP contribution in [0.2, 0.25) is 0 Å². The first-order valence-corrected chi connectivity index (χ1v) is 7.76. The first kappa shape index (κ1) is 19.4. The summed E-state index contributed by atoms with van der Waals surface area (Å²) in [5, 5.41) is 9.79. The molecule has 2 rings (SSSR count). The number of alkyl halides is 3. The van der Waals surface area contributed by atoms with E-state index in [1.807, 2.05) is 6.92 Å². The molecule has 140 valence electrons. The number of hydrogen-bond acceptors (Lipinski definition) is 6. The molecule has 0 aliphatic carbocycles. The van der Waals surface area contributed by atoms with Gasteiger partial charge in [-0.2, -0.15) is 18.2 Å². The van der Waals surface area contributed by atoms with E-state index < -0.39 is 12.1 Å². The summed E-state index contributed by atoms with van der Waals surface area (Å²) in [4.78, 5) is 20.4. The Balaban J connectivity index is 1.97. The third-order valence-corrected chi connectivity index (χ3v) is 3.09. The van der Waals surface area contributed by atoms with E-state index in [4.69, 9.17) is 4.84 Å². The van der Waals surface area contributed by atoms with Crippen LogP contribution in [0.3, 0.4) is 0 Å². The predicted octanol–water partition coefficient (Wildman–Crippen LogP) is 3.29. The SMILES string of the molecule is CCCO/N=C(\C)CNC(=O)c1ccc(-c2noc(C(F)(F)F)n2)cc1. The highest BCUT2D eigenvalue weighted by Gasteiger charge is 2.38. The van der Waals surface area contributed by atoms with Crippen molar-refractivity contribution in [1.82, 2.24) is 15.5 Å². The topological polar surface area (TPSA) is 89.6 Å². The molecule has 0 aliphatic heterocycles. The first-order valence-electron chi connectivity index (χ1n) is 7.76. The van der Waals surface area contributed by atoms with Crippen LogP contribution in [0.15, 0.2) is 33.9 Å². The summed E-state index contributed by atoms with van der Waals surface area (Å²) >= 11 is 0. The lowest BCUT2D eigenvalue weighted by Gasteiger charge is -2.05. The van der Waals surface area contributed by atoms with E-state index in [1.54, 1.807) is 6.92 Å². The Hall–Kier alpha value is -2.91. The van der Waals surface area contributed by atoms with Gasteiger partial charge < -0.3 is 14.7 Å². The van der Waals surface area contributed by atoms with Crippen LogP contribution in [0.25, 0.3) is 11.4 Å². The molecular formula is C16H17F3N4O3. The van der Waals surface area contributed by atoms with Crippen LogP contribution < -0.4 is 5.32 Å². The van der Waals surface area contributed by atoms with Crippen molar-refractivity contribution in [1.29, 1.82) is 0 Å². The normalized spacial score (nSPS) is 12.1. The van der Waals surface area contributed by atoms with Gasteiger partial charge in [0.2, 0.25) is 5.82 Å². The number of hydrogen-bond donors (Lipinski definition) is 1. The molecule has 1 aromatic heterocycles. The Labute approximate surface area is 147 Å². The molecule has 0 fully saturated rings. The van der Waals surface area contributed by atoms with Crippen molar-refractivity contribution in [3.8, 4) is 11.4 Å². The van der Waals surface area contributed by atoms with Gasteiger partial charge in [0.1, 0.15) is 6.61 Å². The third kappa shape index (κ3) is 5.30. The van der Waals surface area contributed by atoms with Crippen molar-refractivity contribution < 1.29 is 27.3 Å². The summed E-state index contributed by atoms with van der Waals surface area (Å²) in [6.45, 7) is 4.38. The summed E-state index contributed by atoms with van der Waals surface area (Å²) in [6, 6.07) is 5.78. The van der Waals surface area contributed by atoms with Crippen molar-refractivity contribution in [3.05, 3.63) is 35.7 Å². The van der Waals surface area contributed by atoms with Gasteiger partial charge >= 0.3 is 12.1 Å². The maximum atomic E-state index is 12.5. The Morgan fingerprint density at radius 2 is 2.00 bits per heavy atom. The van der Waals surface area contributed by atoms with E-state index in [1.165, 1.54) is 24.3 Å². The van der Waals surface area contributed by atoms with Gasteiger partial charge in [-0.1, -0.05) is 29.4 Å². The van der Waals surface area contributed by atoms with Gasteiger partial charge in [-0.25, -0.2) is 0 Å². The van der Waals surface area contributed by atoms with Crippen molar-refractivity contribution in [3.63, 3.8) is 0 Å². The molecule has 0 aliphatic rings. The monoisotopic (exact) mass is 370 g/mol. The van der Waals surface area contributed by atoms with E-state index in [2.05, 4.69) is 25.1 Å². The Morgan fingerprint density at radius 3 is 2.58 bits per heavy atom. The molecule has 0 radical (unpaired) electrons. The van der Waals surface area contributed by atoms with Crippen LogP contribution >= 0.6 is 0 Å². The van der Waals surface area contributed by atoms with Crippen molar-refractivity contribution in [2.45, 2.75) is 26.4 Å². The highest BCUT2D eigenvalue weighted by molar-refractivity contribution is 5.97. The van der Waals surface area contributed by atoms with Crippen molar-refractivity contribution in [2.24, 2.45) is 5.16 Å². The molecule has 0 saturated carbocycles. The zero-order valence-electron chi connectivity index (χ0n) is 14.1. The van der Waals surface area contributed by atoms with Crippen LogP contribution in [-0.4, -0.2) is 34.9 Å². The molecule has 0 atom stereocenters. The second-order valence-electron chi connectivity index (χ2n) is 5.34. The Kier molecular flexibility index (Phi) is 6.31. The van der Waals surface area contributed by atoms with E-state index >= 15 is 0 Å². The summed E-state index contributed by atoms with van der Waals surface area (Å²) < 4.78 is 41.6. The lowest BCUT2D eigenvalue weighted by Crippen LogP contribution is -2.28. The molecule has 0 bridgehead atoms. The van der Waals surface area contributed by atoms with E-state index in [0.717, 1.165) is 6.42 Å². The fraction of sp³-hybridized carbons (Fsp3) is 0.375. The maximum absolute atomic E-state index is 12.5. The predicted molar refractivity (Wildman–Crippen MR) is 86.4 cm³/mol. The van der Waals surface area contributed by atoms with Crippen LogP contribution in [0.5, 0.6) is 0 Å². The highest BCUT2D eigenvalue weighted by Crippen LogP contribution is 2.29. The van der Waals surface area contributed by atoms with Crippen LogP contribution in [0, 0.1) is 0 Å². The first-order chi connectivity index (χ1) is 12.3. The van der Waals surface area contributed by atoms with Gasteiger partial charge in [0.05, 0.1) is 12.3 Å². The lowest BCUT2D eigenvalue weighted by molar-refractivity contribution is -0.159. The van der Waals surface area contributed by atoms with E-state index in [0.29, 0.717) is 23.4 Å². The number of amides is 1. The number of rotatable bonds is 7. The largest absolute Gasteiger partial charge is 0.471 e. The number of aromatic nitrogens is 2. The number of benzene rings is 1. The third-order valence-electron chi connectivity index (χ3n) is 3.09. The summed E-state index contributed by atoms with van der Waals surface area (Å²) in [6.07, 6.45) is -3.87. The molecule has 1 aromatic carbocycles. The van der Waals surface area contributed by atoms with Gasteiger partial charge in [-0.05, 0) is 25.5 Å². The number of carbonyl (C=O) groups is 1. The average molecular weight is 370 g/mol. The fourth-order valence-corrected chi connectivity index (χ4v) is 1.82. The molecular weight excluding hydrogens is 353 g/mol.